The molecule has 0 aliphatic rings. The van der Waals surface area contributed by atoms with Crippen LogP contribution in [-0.4, -0.2) is 34.2 Å². The number of hydrogen-bond donors (Lipinski definition) is 0. The van der Waals surface area contributed by atoms with E-state index < -0.39 is 0 Å². The van der Waals surface area contributed by atoms with Crippen LogP contribution in [0.25, 0.3) is 10.8 Å². The Morgan fingerprint density at radius 3 is 2.22 bits per heavy atom. The largest absolute Gasteiger partial charge is 0.497 e. The van der Waals surface area contributed by atoms with E-state index in [2.05, 4.69) is 5.10 Å². The number of fused-ring (bicyclic) bond motifs is 1. The van der Waals surface area contributed by atoms with Crippen molar-refractivity contribution in [3.63, 3.8) is 0 Å². The molecule has 4 rings (SSSR count). The van der Waals surface area contributed by atoms with Gasteiger partial charge in [0, 0.05) is 18.5 Å². The second kappa shape index (κ2) is 9.47. The molecule has 0 N–H and O–H groups in total. The summed E-state index contributed by atoms with van der Waals surface area (Å²) >= 11 is 0. The smallest absolute Gasteiger partial charge is 0.275 e. The van der Waals surface area contributed by atoms with Gasteiger partial charge in [-0.2, -0.15) is 5.10 Å². The molecule has 6 nitrogen and oxygen atoms in total. The molecule has 0 atom stereocenters. The SMILES string of the molecule is CCN(Cc1ccc(OC)cc1)C(=O)c1nn(Cc2ccccc2)c(=O)c2ccccc12. The van der Waals surface area contributed by atoms with Crippen LogP contribution in [0.1, 0.15) is 28.5 Å². The minimum Gasteiger partial charge on any atom is -0.497 e. The first kappa shape index (κ1) is 21.3. The number of amides is 1. The average Bonchev–Trinajstić information content (AvgIpc) is 2.85. The summed E-state index contributed by atoms with van der Waals surface area (Å²) in [7, 11) is 1.62. The van der Waals surface area contributed by atoms with Crippen molar-refractivity contribution in [3.05, 3.63) is 106 Å². The van der Waals surface area contributed by atoms with Gasteiger partial charge in [0.05, 0.1) is 19.0 Å². The number of hydrogen-bond acceptors (Lipinski definition) is 4. The predicted molar refractivity (Wildman–Crippen MR) is 125 cm³/mol. The van der Waals surface area contributed by atoms with Gasteiger partial charge in [0.1, 0.15) is 5.75 Å². The van der Waals surface area contributed by atoms with Crippen LogP contribution in [0.2, 0.25) is 0 Å². The van der Waals surface area contributed by atoms with Gasteiger partial charge in [0.25, 0.3) is 11.5 Å². The fourth-order valence-corrected chi connectivity index (χ4v) is 3.68. The first-order chi connectivity index (χ1) is 15.6. The monoisotopic (exact) mass is 427 g/mol. The Hall–Kier alpha value is -3.93. The lowest BCUT2D eigenvalue weighted by Gasteiger charge is -2.22. The van der Waals surface area contributed by atoms with Gasteiger partial charge in [-0.1, -0.05) is 60.7 Å². The van der Waals surface area contributed by atoms with Crippen molar-refractivity contribution >= 4 is 16.7 Å². The topological polar surface area (TPSA) is 64.4 Å². The van der Waals surface area contributed by atoms with E-state index >= 15 is 0 Å². The lowest BCUT2D eigenvalue weighted by Crippen LogP contribution is -2.34. The standard InChI is InChI=1S/C26H25N3O3/c1-3-28(17-20-13-15-21(32-2)16-14-20)26(31)24-22-11-7-8-12-23(22)25(30)29(27-24)18-19-9-5-4-6-10-19/h4-16H,3,17-18H2,1-2H3. The highest BCUT2D eigenvalue weighted by molar-refractivity contribution is 6.04. The van der Waals surface area contributed by atoms with Crippen molar-refractivity contribution in [1.29, 1.82) is 0 Å². The lowest BCUT2D eigenvalue weighted by atomic mass is 10.1. The maximum absolute atomic E-state index is 13.6. The van der Waals surface area contributed by atoms with Crippen LogP contribution in [0.3, 0.4) is 0 Å². The lowest BCUT2D eigenvalue weighted by molar-refractivity contribution is 0.0746. The fourth-order valence-electron chi connectivity index (χ4n) is 3.68. The van der Waals surface area contributed by atoms with Gasteiger partial charge in [-0.05, 0) is 36.2 Å². The number of nitrogens with zero attached hydrogens (tertiary/aromatic N) is 3. The number of carbonyl (C=O) groups is 1. The van der Waals surface area contributed by atoms with Crippen molar-refractivity contribution in [1.82, 2.24) is 14.7 Å². The zero-order valence-electron chi connectivity index (χ0n) is 18.2. The van der Waals surface area contributed by atoms with Gasteiger partial charge < -0.3 is 9.64 Å². The Kier molecular flexibility index (Phi) is 6.31. The van der Waals surface area contributed by atoms with Gasteiger partial charge in [-0.25, -0.2) is 4.68 Å². The summed E-state index contributed by atoms with van der Waals surface area (Å²) in [6.45, 7) is 3.19. The molecule has 1 aromatic heterocycles. The number of aromatic nitrogens is 2. The average molecular weight is 428 g/mol. The van der Waals surface area contributed by atoms with Crippen LogP contribution >= 0.6 is 0 Å². The molecule has 0 spiro atoms. The van der Waals surface area contributed by atoms with E-state index in [0.29, 0.717) is 30.4 Å². The van der Waals surface area contributed by atoms with Crippen molar-refractivity contribution in [3.8, 4) is 5.75 Å². The number of benzene rings is 3. The van der Waals surface area contributed by atoms with E-state index in [4.69, 9.17) is 4.74 Å². The summed E-state index contributed by atoms with van der Waals surface area (Å²) in [6.07, 6.45) is 0. The number of methoxy groups -OCH3 is 1. The molecule has 0 saturated heterocycles. The summed E-state index contributed by atoms with van der Waals surface area (Å²) in [6, 6.07) is 24.4. The zero-order valence-corrected chi connectivity index (χ0v) is 18.2. The second-order valence-corrected chi connectivity index (χ2v) is 7.51. The maximum Gasteiger partial charge on any atom is 0.275 e. The zero-order chi connectivity index (χ0) is 22.5. The molecule has 0 radical (unpaired) electrons. The van der Waals surface area contributed by atoms with Crippen molar-refractivity contribution in [2.45, 2.75) is 20.0 Å². The molecule has 0 aliphatic carbocycles. The van der Waals surface area contributed by atoms with Crippen LogP contribution in [0.5, 0.6) is 5.75 Å². The molecule has 0 bridgehead atoms. The minimum absolute atomic E-state index is 0.207. The third kappa shape index (κ3) is 4.39. The van der Waals surface area contributed by atoms with Crippen LogP contribution < -0.4 is 10.3 Å². The third-order valence-corrected chi connectivity index (χ3v) is 5.45. The van der Waals surface area contributed by atoms with E-state index in [1.54, 1.807) is 30.2 Å². The summed E-state index contributed by atoms with van der Waals surface area (Å²) in [5, 5.41) is 5.58. The highest BCUT2D eigenvalue weighted by Crippen LogP contribution is 2.18. The summed E-state index contributed by atoms with van der Waals surface area (Å²) in [4.78, 5) is 28.3. The van der Waals surface area contributed by atoms with Crippen molar-refractivity contribution in [2.75, 3.05) is 13.7 Å². The Bertz CT molecular complexity index is 1280. The Balaban J connectivity index is 1.73. The van der Waals surface area contributed by atoms with Crippen LogP contribution in [-0.2, 0) is 13.1 Å². The number of ether oxygens (including phenoxy) is 1. The first-order valence-electron chi connectivity index (χ1n) is 10.6. The molecule has 0 saturated carbocycles. The van der Waals surface area contributed by atoms with E-state index in [-0.39, 0.29) is 17.2 Å². The van der Waals surface area contributed by atoms with Crippen molar-refractivity contribution < 1.29 is 9.53 Å². The molecule has 32 heavy (non-hydrogen) atoms. The molecule has 3 aromatic carbocycles. The Labute approximate surface area is 186 Å². The summed E-state index contributed by atoms with van der Waals surface area (Å²) in [5.74, 6) is 0.560. The van der Waals surface area contributed by atoms with E-state index in [1.807, 2.05) is 67.6 Å². The molecule has 1 heterocycles. The molecule has 0 unspecified atom stereocenters. The van der Waals surface area contributed by atoms with Gasteiger partial charge in [0.2, 0.25) is 0 Å². The second-order valence-electron chi connectivity index (χ2n) is 7.51. The Morgan fingerprint density at radius 1 is 0.906 bits per heavy atom. The van der Waals surface area contributed by atoms with Crippen molar-refractivity contribution in [2.24, 2.45) is 0 Å². The number of rotatable bonds is 7. The highest BCUT2D eigenvalue weighted by atomic mass is 16.5. The summed E-state index contributed by atoms with van der Waals surface area (Å²) < 4.78 is 6.60. The fraction of sp³-hybridized carbons (Fsp3) is 0.192. The van der Waals surface area contributed by atoms with Gasteiger partial charge in [-0.3, -0.25) is 9.59 Å². The first-order valence-corrected chi connectivity index (χ1v) is 10.6. The van der Waals surface area contributed by atoms with Crippen LogP contribution in [0, 0.1) is 0 Å². The van der Waals surface area contributed by atoms with Gasteiger partial charge >= 0.3 is 0 Å². The van der Waals surface area contributed by atoms with Crippen LogP contribution in [0.15, 0.2) is 83.7 Å². The molecule has 4 aromatic rings. The molecule has 6 heteroatoms. The third-order valence-electron chi connectivity index (χ3n) is 5.45. The predicted octanol–water partition coefficient (Wildman–Crippen LogP) is 4.12. The molecular weight excluding hydrogens is 402 g/mol. The molecule has 0 aliphatic heterocycles. The summed E-state index contributed by atoms with van der Waals surface area (Å²) in [5.41, 5.74) is 2.01. The molecule has 0 fully saturated rings. The van der Waals surface area contributed by atoms with E-state index in [9.17, 15) is 9.59 Å². The normalized spacial score (nSPS) is 10.8. The highest BCUT2D eigenvalue weighted by Gasteiger charge is 2.21. The molecule has 162 valence electrons. The minimum atomic E-state index is -0.209. The number of carbonyl (C=O) groups excluding carboxylic acids is 1. The Morgan fingerprint density at radius 2 is 1.56 bits per heavy atom. The maximum atomic E-state index is 13.6. The van der Waals surface area contributed by atoms with Gasteiger partial charge in [0.15, 0.2) is 5.69 Å². The van der Waals surface area contributed by atoms with E-state index in [0.717, 1.165) is 16.9 Å². The van der Waals surface area contributed by atoms with Crippen LogP contribution in [0.4, 0.5) is 0 Å². The molecule has 1 amide bonds. The quantitative estimate of drug-likeness (QED) is 0.445. The van der Waals surface area contributed by atoms with E-state index in [1.165, 1.54) is 4.68 Å². The van der Waals surface area contributed by atoms with Gasteiger partial charge in [-0.15, -0.1) is 0 Å². The molecular formula is C26H25N3O3.